The second kappa shape index (κ2) is 13.2. The molecule has 1 aromatic heterocycles. The first-order valence-corrected chi connectivity index (χ1v) is 14.5. The number of fused-ring (bicyclic) bond motifs is 1. The number of nitrogens with zero attached hydrogens (tertiary/aromatic N) is 2. The Balaban J connectivity index is 1.56. The lowest BCUT2D eigenvalue weighted by Crippen LogP contribution is -2.43. The summed E-state index contributed by atoms with van der Waals surface area (Å²) in [6.07, 6.45) is 4.51. The van der Waals surface area contributed by atoms with Crippen molar-refractivity contribution in [1.29, 1.82) is 0 Å². The molecule has 0 saturated carbocycles. The van der Waals surface area contributed by atoms with Crippen LogP contribution < -0.4 is 0 Å². The van der Waals surface area contributed by atoms with E-state index in [0.717, 1.165) is 30.3 Å². The summed E-state index contributed by atoms with van der Waals surface area (Å²) in [5, 5.41) is 1.75. The molecule has 0 aliphatic rings. The zero-order valence-corrected chi connectivity index (χ0v) is 24.8. The summed E-state index contributed by atoms with van der Waals surface area (Å²) in [5.74, 6) is -0.206. The van der Waals surface area contributed by atoms with Crippen molar-refractivity contribution in [3.63, 3.8) is 0 Å². The molecule has 4 aromatic rings. The third-order valence-corrected chi connectivity index (χ3v) is 7.61. The van der Waals surface area contributed by atoms with Gasteiger partial charge < -0.3 is 14.8 Å². The minimum Gasteiger partial charge on any atom is -0.361 e. The summed E-state index contributed by atoms with van der Waals surface area (Å²) >= 11 is 6.04. The van der Waals surface area contributed by atoms with Gasteiger partial charge in [-0.15, -0.1) is 0 Å². The van der Waals surface area contributed by atoms with Crippen molar-refractivity contribution in [3.05, 3.63) is 106 Å². The van der Waals surface area contributed by atoms with Crippen LogP contribution in [0, 0.1) is 0 Å². The molecule has 2 amide bonds. The fraction of sp³-hybridized carbons (Fsp3) is 0.353. The van der Waals surface area contributed by atoms with E-state index in [4.69, 9.17) is 11.6 Å². The lowest BCUT2D eigenvalue weighted by atomic mass is 9.87. The van der Waals surface area contributed by atoms with E-state index < -0.39 is 0 Å². The van der Waals surface area contributed by atoms with Gasteiger partial charge >= 0.3 is 0 Å². The van der Waals surface area contributed by atoms with Crippen LogP contribution in [0.1, 0.15) is 67.6 Å². The molecule has 1 heterocycles. The molecule has 210 valence electrons. The molecule has 5 nitrogen and oxygen atoms in total. The normalized spacial score (nSPS) is 11.5. The fourth-order valence-electron chi connectivity index (χ4n) is 4.86. The topological polar surface area (TPSA) is 56.4 Å². The quantitative estimate of drug-likeness (QED) is 0.206. The molecule has 0 fully saturated rings. The summed E-state index contributed by atoms with van der Waals surface area (Å²) in [7, 11) is 0. The summed E-state index contributed by atoms with van der Waals surface area (Å²) < 4.78 is 0. The van der Waals surface area contributed by atoms with Crippen LogP contribution in [0.3, 0.4) is 0 Å². The Morgan fingerprint density at radius 1 is 0.875 bits per heavy atom. The number of hydrogen-bond donors (Lipinski definition) is 1. The number of rotatable bonds is 11. The first-order valence-electron chi connectivity index (χ1n) is 14.1. The van der Waals surface area contributed by atoms with Crippen LogP contribution in [0.25, 0.3) is 10.9 Å². The monoisotopic (exact) mass is 557 g/mol. The van der Waals surface area contributed by atoms with E-state index in [1.807, 2.05) is 23.2 Å². The van der Waals surface area contributed by atoms with Crippen LogP contribution in [0.15, 0.2) is 79.0 Å². The van der Waals surface area contributed by atoms with Gasteiger partial charge in [0.05, 0.1) is 0 Å². The molecule has 3 aromatic carbocycles. The minimum absolute atomic E-state index is 0.0371. The molecule has 40 heavy (non-hydrogen) atoms. The third-order valence-electron chi connectivity index (χ3n) is 7.36. The van der Waals surface area contributed by atoms with Crippen molar-refractivity contribution in [3.8, 4) is 0 Å². The van der Waals surface area contributed by atoms with Crippen molar-refractivity contribution < 1.29 is 9.59 Å². The molecule has 0 radical (unpaired) electrons. The Bertz CT molecular complexity index is 1420. The van der Waals surface area contributed by atoms with Crippen LogP contribution in [0.2, 0.25) is 5.02 Å². The fourth-order valence-corrected chi connectivity index (χ4v) is 4.98. The Morgan fingerprint density at radius 2 is 1.57 bits per heavy atom. The Kier molecular flexibility index (Phi) is 9.70. The smallest absolute Gasteiger partial charge is 0.254 e. The van der Waals surface area contributed by atoms with Crippen molar-refractivity contribution in [2.24, 2.45) is 0 Å². The first kappa shape index (κ1) is 29.4. The molecule has 4 rings (SSSR count). The Hall–Kier alpha value is -3.57. The van der Waals surface area contributed by atoms with Crippen molar-refractivity contribution >= 4 is 34.3 Å². The number of para-hydroxylation sites is 1. The number of amides is 2. The average molecular weight is 558 g/mol. The zero-order valence-electron chi connectivity index (χ0n) is 24.0. The van der Waals surface area contributed by atoms with Gasteiger partial charge in [-0.3, -0.25) is 9.59 Å². The molecular weight excluding hydrogens is 518 g/mol. The molecule has 0 aliphatic carbocycles. The SMILES string of the molecule is CCCCN(CC(=O)N(CCc1c[nH]c2ccccc12)Cc1ccc(C(C)(C)C)cc1)C(=O)c1ccc(Cl)cc1. The largest absolute Gasteiger partial charge is 0.361 e. The highest BCUT2D eigenvalue weighted by Crippen LogP contribution is 2.23. The van der Waals surface area contributed by atoms with E-state index in [2.05, 4.69) is 69.1 Å². The Morgan fingerprint density at radius 3 is 2.25 bits per heavy atom. The maximum Gasteiger partial charge on any atom is 0.254 e. The highest BCUT2D eigenvalue weighted by atomic mass is 35.5. The number of halogens is 1. The lowest BCUT2D eigenvalue weighted by Gasteiger charge is -2.28. The second-order valence-electron chi connectivity index (χ2n) is 11.5. The van der Waals surface area contributed by atoms with Crippen molar-refractivity contribution in [2.45, 2.75) is 58.9 Å². The highest BCUT2D eigenvalue weighted by molar-refractivity contribution is 6.30. The van der Waals surface area contributed by atoms with Crippen LogP contribution in [-0.4, -0.2) is 46.2 Å². The first-order chi connectivity index (χ1) is 19.2. The minimum atomic E-state index is -0.149. The Labute approximate surface area is 243 Å². The molecule has 0 aliphatic heterocycles. The van der Waals surface area contributed by atoms with Gasteiger partial charge in [0.2, 0.25) is 5.91 Å². The van der Waals surface area contributed by atoms with Gasteiger partial charge in [0.25, 0.3) is 5.91 Å². The molecule has 0 spiro atoms. The number of aromatic nitrogens is 1. The molecule has 0 atom stereocenters. The van der Waals surface area contributed by atoms with Gasteiger partial charge in [0.1, 0.15) is 6.54 Å². The summed E-state index contributed by atoms with van der Waals surface area (Å²) in [4.78, 5) is 34.2. The summed E-state index contributed by atoms with van der Waals surface area (Å²) in [6, 6.07) is 23.6. The third kappa shape index (κ3) is 7.54. The maximum absolute atomic E-state index is 13.9. The standard InChI is InChI=1S/C34H40ClN3O2/c1-5-6-20-38(33(40)26-13-17-29(35)18-14-26)24-32(39)37(23-25-11-15-28(16-12-25)34(2,3)4)21-19-27-22-36-31-10-8-7-9-30(27)31/h7-18,22,36H,5-6,19-21,23-24H2,1-4H3. The van der Waals surface area contributed by atoms with Gasteiger partial charge in [0.15, 0.2) is 0 Å². The molecular formula is C34H40ClN3O2. The van der Waals surface area contributed by atoms with E-state index in [0.29, 0.717) is 30.2 Å². The number of aromatic amines is 1. The molecule has 1 N–H and O–H groups in total. The van der Waals surface area contributed by atoms with Crippen molar-refractivity contribution in [1.82, 2.24) is 14.8 Å². The van der Waals surface area contributed by atoms with Gasteiger partial charge in [0, 0.05) is 47.3 Å². The average Bonchev–Trinajstić information content (AvgIpc) is 3.36. The second-order valence-corrected chi connectivity index (χ2v) is 11.9. The van der Waals surface area contributed by atoms with Gasteiger partial charge in [-0.2, -0.15) is 0 Å². The number of benzene rings is 3. The lowest BCUT2D eigenvalue weighted by molar-refractivity contribution is -0.132. The van der Waals surface area contributed by atoms with E-state index in [9.17, 15) is 9.59 Å². The van der Waals surface area contributed by atoms with E-state index in [1.165, 1.54) is 16.5 Å². The van der Waals surface area contributed by atoms with Gasteiger partial charge in [-0.05, 0) is 65.3 Å². The van der Waals surface area contributed by atoms with Gasteiger partial charge in [-0.1, -0.05) is 88.2 Å². The number of hydrogen-bond acceptors (Lipinski definition) is 2. The number of H-pyrrole nitrogens is 1. The molecule has 0 saturated heterocycles. The summed E-state index contributed by atoms with van der Waals surface area (Å²) in [6.45, 7) is 10.3. The number of unbranched alkanes of at least 4 members (excludes halogenated alkanes) is 1. The van der Waals surface area contributed by atoms with Crippen LogP contribution >= 0.6 is 11.6 Å². The van der Waals surface area contributed by atoms with E-state index >= 15 is 0 Å². The van der Waals surface area contributed by atoms with Crippen LogP contribution in [0.4, 0.5) is 0 Å². The van der Waals surface area contributed by atoms with Gasteiger partial charge in [-0.25, -0.2) is 0 Å². The summed E-state index contributed by atoms with van der Waals surface area (Å²) in [5.41, 5.74) is 5.20. The van der Waals surface area contributed by atoms with Crippen LogP contribution in [0.5, 0.6) is 0 Å². The number of nitrogens with one attached hydrogen (secondary N) is 1. The van der Waals surface area contributed by atoms with Crippen molar-refractivity contribution in [2.75, 3.05) is 19.6 Å². The molecule has 6 heteroatoms. The molecule has 0 unspecified atom stereocenters. The van der Waals surface area contributed by atoms with Crippen LogP contribution in [-0.2, 0) is 23.2 Å². The molecule has 0 bridgehead atoms. The van der Waals surface area contributed by atoms with E-state index in [-0.39, 0.29) is 23.8 Å². The number of carbonyl (C=O) groups is 2. The predicted molar refractivity (Wildman–Crippen MR) is 165 cm³/mol. The highest BCUT2D eigenvalue weighted by Gasteiger charge is 2.23. The number of carbonyl (C=O) groups excluding carboxylic acids is 2. The van der Waals surface area contributed by atoms with E-state index in [1.54, 1.807) is 29.2 Å². The zero-order chi connectivity index (χ0) is 28.7. The maximum atomic E-state index is 13.9. The predicted octanol–water partition coefficient (Wildman–Crippen LogP) is 7.63.